The summed E-state index contributed by atoms with van der Waals surface area (Å²) in [7, 11) is 0. The predicted molar refractivity (Wildman–Crippen MR) is 119 cm³/mol. The second kappa shape index (κ2) is 8.10. The summed E-state index contributed by atoms with van der Waals surface area (Å²) in [6.45, 7) is 8.18. The fourth-order valence-corrected chi connectivity index (χ4v) is 4.53. The number of hydrogen-bond donors (Lipinski definition) is 1. The Hall–Kier alpha value is -3.28. The fraction of sp³-hybridized carbons (Fsp3) is 0.320. The average molecular weight is 420 g/mol. The van der Waals surface area contributed by atoms with E-state index in [-0.39, 0.29) is 23.7 Å². The second-order valence-corrected chi connectivity index (χ2v) is 8.41. The van der Waals surface area contributed by atoms with Crippen molar-refractivity contribution >= 4 is 17.5 Å². The first-order chi connectivity index (χ1) is 14.8. The first-order valence-corrected chi connectivity index (χ1v) is 10.5. The number of nitrogens with one attached hydrogen (secondary N) is 1. The molecule has 5 nitrogen and oxygen atoms in total. The molecule has 2 aliphatic rings. The molecule has 0 aliphatic carbocycles. The van der Waals surface area contributed by atoms with Gasteiger partial charge in [-0.25, -0.2) is 4.39 Å². The van der Waals surface area contributed by atoms with Crippen molar-refractivity contribution in [2.45, 2.75) is 45.7 Å². The van der Waals surface area contributed by atoms with Crippen molar-refractivity contribution in [3.05, 3.63) is 82.3 Å². The summed E-state index contributed by atoms with van der Waals surface area (Å²) in [5.41, 5.74) is 4.89. The zero-order valence-electron chi connectivity index (χ0n) is 18.1. The molecule has 4 rings (SSSR count). The Labute approximate surface area is 181 Å². The lowest BCUT2D eigenvalue weighted by molar-refractivity contribution is -0.134. The highest BCUT2D eigenvalue weighted by Crippen LogP contribution is 2.41. The van der Waals surface area contributed by atoms with Gasteiger partial charge < -0.3 is 10.2 Å². The van der Waals surface area contributed by atoms with E-state index in [1.54, 1.807) is 29.2 Å². The molecule has 2 aliphatic heterocycles. The second-order valence-electron chi connectivity index (χ2n) is 8.41. The van der Waals surface area contributed by atoms with Gasteiger partial charge in [0.05, 0.1) is 6.54 Å². The highest BCUT2D eigenvalue weighted by molar-refractivity contribution is 6.07. The monoisotopic (exact) mass is 419 g/mol. The van der Waals surface area contributed by atoms with Crippen molar-refractivity contribution in [3.63, 3.8) is 0 Å². The van der Waals surface area contributed by atoms with Crippen molar-refractivity contribution in [1.82, 2.24) is 10.2 Å². The van der Waals surface area contributed by atoms with Gasteiger partial charge in [-0.2, -0.15) is 0 Å². The topological polar surface area (TPSA) is 61.8 Å². The summed E-state index contributed by atoms with van der Waals surface area (Å²) in [5, 5.41) is 2.98. The number of carbonyl (C=O) groups excluding carboxylic acids is 2. The number of aliphatic imine (C=N–C) groups is 1. The number of benzene rings is 2. The third-order valence-corrected chi connectivity index (χ3v) is 5.92. The largest absolute Gasteiger partial charge is 0.339 e. The highest BCUT2D eigenvalue weighted by atomic mass is 19.1. The van der Waals surface area contributed by atoms with Gasteiger partial charge in [-0.15, -0.1) is 0 Å². The lowest BCUT2D eigenvalue weighted by Gasteiger charge is -2.41. The van der Waals surface area contributed by atoms with Gasteiger partial charge >= 0.3 is 0 Å². The minimum absolute atomic E-state index is 0.0776. The number of nitrogens with zero attached hydrogens (tertiary/aromatic N) is 2. The normalized spacial score (nSPS) is 20.8. The third-order valence-electron chi connectivity index (χ3n) is 5.92. The van der Waals surface area contributed by atoms with E-state index in [9.17, 15) is 14.0 Å². The van der Waals surface area contributed by atoms with Crippen molar-refractivity contribution in [1.29, 1.82) is 0 Å². The van der Waals surface area contributed by atoms with Crippen LogP contribution in [-0.4, -0.2) is 41.1 Å². The van der Waals surface area contributed by atoms with Gasteiger partial charge in [0, 0.05) is 34.5 Å². The van der Waals surface area contributed by atoms with Crippen LogP contribution in [0, 0.1) is 12.7 Å². The minimum Gasteiger partial charge on any atom is -0.339 e. The first-order valence-electron chi connectivity index (χ1n) is 10.5. The summed E-state index contributed by atoms with van der Waals surface area (Å²) >= 11 is 0. The van der Waals surface area contributed by atoms with Crippen LogP contribution in [0.15, 0.2) is 64.8 Å². The maximum Gasteiger partial charge on any atom is 0.251 e. The molecule has 0 radical (unpaired) electrons. The Morgan fingerprint density at radius 1 is 1.16 bits per heavy atom. The number of halogens is 1. The van der Waals surface area contributed by atoms with E-state index < -0.39 is 12.0 Å². The van der Waals surface area contributed by atoms with Crippen molar-refractivity contribution in [2.75, 3.05) is 6.54 Å². The summed E-state index contributed by atoms with van der Waals surface area (Å²) in [6, 6.07) is 12.5. The maximum absolute atomic E-state index is 13.7. The standard InChI is InChI=1S/C25H26FN3O2/c1-14(2)29-20-13-27-16(4)21(20)22(17-8-10-19(26)11-9-17)23(25(29)31)28-24(30)18-7-5-6-15(3)12-18/h5-12,14,22-23H,13H2,1-4H3,(H,28,30)/t22-,23-/m0/s1. The van der Waals surface area contributed by atoms with Crippen LogP contribution in [-0.2, 0) is 4.79 Å². The lowest BCUT2D eigenvalue weighted by atomic mass is 9.78. The predicted octanol–water partition coefficient (Wildman–Crippen LogP) is 4.00. The van der Waals surface area contributed by atoms with E-state index in [4.69, 9.17) is 0 Å². The van der Waals surface area contributed by atoms with E-state index in [0.717, 1.165) is 28.1 Å². The van der Waals surface area contributed by atoms with Crippen molar-refractivity contribution in [3.8, 4) is 0 Å². The Balaban J connectivity index is 1.81. The summed E-state index contributed by atoms with van der Waals surface area (Å²) in [6.07, 6.45) is 0. The minimum atomic E-state index is -0.817. The molecule has 31 heavy (non-hydrogen) atoms. The molecule has 2 heterocycles. The summed E-state index contributed by atoms with van der Waals surface area (Å²) in [5.74, 6) is -1.26. The number of hydrogen-bond acceptors (Lipinski definition) is 3. The fourth-order valence-electron chi connectivity index (χ4n) is 4.53. The van der Waals surface area contributed by atoms with Crippen LogP contribution in [0.25, 0.3) is 0 Å². The molecule has 160 valence electrons. The van der Waals surface area contributed by atoms with Crippen LogP contribution >= 0.6 is 0 Å². The Bertz CT molecular complexity index is 1100. The Morgan fingerprint density at radius 3 is 2.52 bits per heavy atom. The molecule has 2 amide bonds. The zero-order valence-corrected chi connectivity index (χ0v) is 18.1. The number of carbonyl (C=O) groups is 2. The molecule has 0 saturated heterocycles. The van der Waals surface area contributed by atoms with E-state index >= 15 is 0 Å². The first kappa shape index (κ1) is 21.0. The van der Waals surface area contributed by atoms with E-state index in [1.807, 2.05) is 39.8 Å². The molecule has 2 atom stereocenters. The molecule has 0 aromatic heterocycles. The molecular formula is C25H26FN3O2. The van der Waals surface area contributed by atoms with Gasteiger partial charge in [0.25, 0.3) is 11.8 Å². The summed E-state index contributed by atoms with van der Waals surface area (Å²) in [4.78, 5) is 33.1. The van der Waals surface area contributed by atoms with E-state index in [1.165, 1.54) is 12.1 Å². The van der Waals surface area contributed by atoms with E-state index in [2.05, 4.69) is 10.3 Å². The maximum atomic E-state index is 13.7. The summed E-state index contributed by atoms with van der Waals surface area (Å²) < 4.78 is 13.6. The van der Waals surface area contributed by atoms with Crippen LogP contribution in [0.5, 0.6) is 0 Å². The average Bonchev–Trinajstić information content (AvgIpc) is 3.10. The number of aryl methyl sites for hydroxylation is 1. The van der Waals surface area contributed by atoms with Gasteiger partial charge in [-0.05, 0) is 57.5 Å². The van der Waals surface area contributed by atoms with Gasteiger partial charge in [-0.1, -0.05) is 29.8 Å². The van der Waals surface area contributed by atoms with Crippen molar-refractivity contribution < 1.29 is 14.0 Å². The van der Waals surface area contributed by atoms with Crippen LogP contribution < -0.4 is 5.32 Å². The Kier molecular flexibility index (Phi) is 5.48. The molecule has 2 aromatic rings. The quantitative estimate of drug-likeness (QED) is 0.814. The molecular weight excluding hydrogens is 393 g/mol. The third kappa shape index (κ3) is 3.78. The number of rotatable bonds is 4. The van der Waals surface area contributed by atoms with Gasteiger partial charge in [-0.3, -0.25) is 14.6 Å². The van der Waals surface area contributed by atoms with Gasteiger partial charge in [0.1, 0.15) is 11.9 Å². The molecule has 0 fully saturated rings. The smallest absolute Gasteiger partial charge is 0.251 e. The van der Waals surface area contributed by atoms with Gasteiger partial charge in [0.15, 0.2) is 0 Å². The van der Waals surface area contributed by atoms with Gasteiger partial charge in [0.2, 0.25) is 0 Å². The van der Waals surface area contributed by atoms with Crippen molar-refractivity contribution in [2.24, 2.45) is 4.99 Å². The van der Waals surface area contributed by atoms with Crippen LogP contribution in [0.4, 0.5) is 4.39 Å². The molecule has 2 aromatic carbocycles. The molecule has 0 unspecified atom stereocenters. The van der Waals surface area contributed by atoms with Crippen LogP contribution in [0.2, 0.25) is 0 Å². The van der Waals surface area contributed by atoms with Crippen LogP contribution in [0.3, 0.4) is 0 Å². The lowest BCUT2D eigenvalue weighted by Crippen LogP contribution is -2.57. The van der Waals surface area contributed by atoms with Crippen LogP contribution in [0.1, 0.15) is 48.2 Å². The molecule has 0 bridgehead atoms. The number of amides is 2. The SMILES string of the molecule is CC1=NCC2=C1[C@H](c1ccc(F)cc1)[C@H](NC(=O)c1cccc(C)c1)C(=O)N2C(C)C. The molecule has 0 spiro atoms. The molecule has 6 heteroatoms. The zero-order chi connectivity index (χ0) is 22.3. The Morgan fingerprint density at radius 2 is 1.87 bits per heavy atom. The highest BCUT2D eigenvalue weighted by Gasteiger charge is 2.46. The molecule has 0 saturated carbocycles. The van der Waals surface area contributed by atoms with E-state index in [0.29, 0.717) is 12.1 Å². The molecule has 1 N–H and O–H groups in total.